The van der Waals surface area contributed by atoms with Crippen molar-refractivity contribution in [2.75, 3.05) is 7.11 Å². The lowest BCUT2D eigenvalue weighted by atomic mass is 10.2. The van der Waals surface area contributed by atoms with Crippen molar-refractivity contribution in [1.29, 1.82) is 0 Å². The molecule has 0 radical (unpaired) electrons. The third-order valence-electron chi connectivity index (χ3n) is 2.18. The number of pyridine rings is 1. The fraction of sp³-hybridized carbons (Fsp3) is 0.250. The number of rotatable bonds is 4. The van der Waals surface area contributed by atoms with Gasteiger partial charge >= 0.3 is 5.97 Å². The third-order valence-corrected chi connectivity index (χ3v) is 2.18. The van der Waals surface area contributed by atoms with Crippen LogP contribution < -0.4 is 0 Å². The molecule has 0 fully saturated rings. The maximum absolute atomic E-state index is 10.8. The number of carboxylic acids is 1. The highest BCUT2D eigenvalue weighted by atomic mass is 16.5. The molecule has 0 aromatic carbocycles. The minimum absolute atomic E-state index is 0.0655. The quantitative estimate of drug-likeness (QED) is 0.490. The van der Waals surface area contributed by atoms with Crippen molar-refractivity contribution in [3.05, 3.63) is 41.5 Å². The molecule has 0 amide bonds. The van der Waals surface area contributed by atoms with Crippen LogP contribution in [0.2, 0.25) is 0 Å². The summed E-state index contributed by atoms with van der Waals surface area (Å²) < 4.78 is 4.96. The van der Waals surface area contributed by atoms with Gasteiger partial charge in [-0.1, -0.05) is 6.07 Å². The highest BCUT2D eigenvalue weighted by Gasteiger charge is 2.09. The van der Waals surface area contributed by atoms with Gasteiger partial charge in [0, 0.05) is 18.0 Å². The number of aliphatic imine (C=N–C) groups is 1. The zero-order chi connectivity index (χ0) is 12.8. The maximum atomic E-state index is 10.8. The van der Waals surface area contributed by atoms with E-state index in [4.69, 9.17) is 9.84 Å². The van der Waals surface area contributed by atoms with Gasteiger partial charge in [-0.25, -0.2) is 9.79 Å². The van der Waals surface area contributed by atoms with Crippen LogP contribution >= 0.6 is 0 Å². The Labute approximate surface area is 99.5 Å². The van der Waals surface area contributed by atoms with Crippen molar-refractivity contribution in [3.8, 4) is 0 Å². The summed E-state index contributed by atoms with van der Waals surface area (Å²) in [6, 6.07) is 3.63. The molecule has 1 heterocycles. The topological polar surface area (TPSA) is 71.8 Å². The van der Waals surface area contributed by atoms with Gasteiger partial charge in [-0.2, -0.15) is 0 Å². The van der Waals surface area contributed by atoms with Crippen LogP contribution in [-0.2, 0) is 9.53 Å². The first-order valence-corrected chi connectivity index (χ1v) is 5.00. The third kappa shape index (κ3) is 3.41. The molecule has 1 N–H and O–H groups in total. The van der Waals surface area contributed by atoms with Crippen LogP contribution in [0.4, 0.5) is 0 Å². The van der Waals surface area contributed by atoms with E-state index in [0.29, 0.717) is 5.71 Å². The van der Waals surface area contributed by atoms with Crippen molar-refractivity contribution >= 4 is 11.7 Å². The summed E-state index contributed by atoms with van der Waals surface area (Å²) in [6.07, 6.45) is 3.31. The largest absolute Gasteiger partial charge is 0.481 e. The van der Waals surface area contributed by atoms with E-state index < -0.39 is 5.97 Å². The van der Waals surface area contributed by atoms with Crippen LogP contribution in [0.1, 0.15) is 19.4 Å². The summed E-state index contributed by atoms with van der Waals surface area (Å²) in [4.78, 5) is 18.9. The van der Waals surface area contributed by atoms with Gasteiger partial charge in [0.1, 0.15) is 0 Å². The van der Waals surface area contributed by atoms with E-state index in [-0.39, 0.29) is 11.5 Å². The lowest BCUT2D eigenvalue weighted by Crippen LogP contribution is -2.04. The molecule has 5 nitrogen and oxygen atoms in total. The maximum Gasteiger partial charge on any atom is 0.336 e. The molecule has 17 heavy (non-hydrogen) atoms. The summed E-state index contributed by atoms with van der Waals surface area (Å²) in [5.74, 6) is -0.955. The molecule has 1 aromatic heterocycles. The van der Waals surface area contributed by atoms with Crippen molar-refractivity contribution in [2.45, 2.75) is 13.8 Å². The number of aromatic nitrogens is 1. The predicted octanol–water partition coefficient (Wildman–Crippen LogP) is 1.85. The first-order chi connectivity index (χ1) is 8.06. The van der Waals surface area contributed by atoms with E-state index in [0.717, 1.165) is 5.56 Å². The molecule has 90 valence electrons. The molecule has 0 aliphatic carbocycles. The number of carboxylic acid groups (broad SMARTS) is 1. The van der Waals surface area contributed by atoms with Crippen molar-refractivity contribution < 1.29 is 14.6 Å². The van der Waals surface area contributed by atoms with E-state index in [1.54, 1.807) is 25.4 Å². The predicted molar refractivity (Wildman–Crippen MR) is 63.8 cm³/mol. The van der Waals surface area contributed by atoms with Crippen molar-refractivity contribution in [1.82, 2.24) is 4.98 Å². The van der Waals surface area contributed by atoms with Crippen LogP contribution in [-0.4, -0.2) is 28.9 Å². The fourth-order valence-electron chi connectivity index (χ4n) is 1.17. The smallest absolute Gasteiger partial charge is 0.336 e. The SMILES string of the molecule is COC(/N=C(\C)c1cccnc1)=C(/C)C(=O)O. The first kappa shape index (κ1) is 12.9. The molecular weight excluding hydrogens is 220 g/mol. The van der Waals surface area contributed by atoms with Crippen LogP contribution in [0.3, 0.4) is 0 Å². The zero-order valence-corrected chi connectivity index (χ0v) is 9.97. The molecule has 0 spiro atoms. The number of methoxy groups -OCH3 is 1. The highest BCUT2D eigenvalue weighted by molar-refractivity contribution is 5.99. The molecule has 1 aromatic rings. The molecule has 0 atom stereocenters. The molecule has 0 aliphatic heterocycles. The van der Waals surface area contributed by atoms with Gasteiger partial charge in [-0.05, 0) is 19.9 Å². The number of hydrogen-bond donors (Lipinski definition) is 1. The Kier molecular flexibility index (Phi) is 4.39. The molecule has 0 saturated carbocycles. The van der Waals surface area contributed by atoms with Crippen LogP contribution in [0.5, 0.6) is 0 Å². The van der Waals surface area contributed by atoms with E-state index in [2.05, 4.69) is 9.98 Å². The Hall–Kier alpha value is -2.17. The summed E-state index contributed by atoms with van der Waals surface area (Å²) >= 11 is 0. The number of ether oxygens (including phenoxy) is 1. The van der Waals surface area contributed by atoms with Gasteiger partial charge in [0.2, 0.25) is 5.88 Å². The summed E-state index contributed by atoms with van der Waals surface area (Å²) in [5, 5.41) is 8.85. The molecule has 0 unspecified atom stereocenters. The van der Waals surface area contributed by atoms with Gasteiger partial charge < -0.3 is 9.84 Å². The van der Waals surface area contributed by atoms with Crippen LogP contribution in [0.25, 0.3) is 0 Å². The van der Waals surface area contributed by atoms with E-state index in [9.17, 15) is 4.79 Å². The van der Waals surface area contributed by atoms with Crippen LogP contribution in [0.15, 0.2) is 41.0 Å². The number of hydrogen-bond acceptors (Lipinski definition) is 4. The first-order valence-electron chi connectivity index (χ1n) is 5.00. The highest BCUT2D eigenvalue weighted by Crippen LogP contribution is 2.09. The summed E-state index contributed by atoms with van der Waals surface area (Å²) in [5.41, 5.74) is 1.53. The van der Waals surface area contributed by atoms with Gasteiger partial charge in [0.25, 0.3) is 0 Å². The summed E-state index contributed by atoms with van der Waals surface area (Å²) in [7, 11) is 1.39. The molecule has 1 rings (SSSR count). The monoisotopic (exact) mass is 234 g/mol. The lowest BCUT2D eigenvalue weighted by Gasteiger charge is -2.05. The normalized spacial score (nSPS) is 13.0. The second-order valence-electron chi connectivity index (χ2n) is 3.38. The van der Waals surface area contributed by atoms with E-state index in [1.165, 1.54) is 14.0 Å². The Morgan fingerprint density at radius 3 is 2.65 bits per heavy atom. The Balaban J connectivity index is 3.10. The Morgan fingerprint density at radius 1 is 1.47 bits per heavy atom. The zero-order valence-electron chi connectivity index (χ0n) is 9.97. The second kappa shape index (κ2) is 5.79. The number of carbonyl (C=O) groups is 1. The fourth-order valence-corrected chi connectivity index (χ4v) is 1.17. The number of aliphatic carboxylic acids is 1. The lowest BCUT2D eigenvalue weighted by molar-refractivity contribution is -0.132. The average molecular weight is 234 g/mol. The van der Waals surface area contributed by atoms with Crippen molar-refractivity contribution in [3.63, 3.8) is 0 Å². The molecule has 5 heteroatoms. The van der Waals surface area contributed by atoms with Gasteiger partial charge in [-0.3, -0.25) is 4.98 Å². The molecule has 0 saturated heterocycles. The Morgan fingerprint density at radius 2 is 2.18 bits per heavy atom. The average Bonchev–Trinajstić information content (AvgIpc) is 2.35. The van der Waals surface area contributed by atoms with E-state index in [1.807, 2.05) is 6.07 Å². The van der Waals surface area contributed by atoms with Crippen LogP contribution in [0, 0.1) is 0 Å². The van der Waals surface area contributed by atoms with Gasteiger partial charge in [-0.15, -0.1) is 0 Å². The van der Waals surface area contributed by atoms with E-state index >= 15 is 0 Å². The van der Waals surface area contributed by atoms with Gasteiger partial charge in [0.15, 0.2) is 0 Å². The molecule has 0 bridgehead atoms. The number of nitrogens with zero attached hydrogens (tertiary/aromatic N) is 2. The minimum atomic E-state index is -1.05. The molecular formula is C12H14N2O3. The second-order valence-corrected chi connectivity index (χ2v) is 3.38. The molecule has 0 aliphatic rings. The minimum Gasteiger partial charge on any atom is -0.481 e. The Bertz CT molecular complexity index is 464. The summed E-state index contributed by atoms with van der Waals surface area (Å²) in [6.45, 7) is 3.21. The van der Waals surface area contributed by atoms with Crippen molar-refractivity contribution in [2.24, 2.45) is 4.99 Å². The van der Waals surface area contributed by atoms with Gasteiger partial charge in [0.05, 0.1) is 18.4 Å². The standard InChI is InChI=1S/C12H14N2O3/c1-8(12(15)16)11(17-3)14-9(2)10-5-4-6-13-7-10/h4-7H,1-3H3,(H,15,16)/b11-8-,14-9+.